The molecule has 0 amide bonds. The molecule has 22 aromatic carbocycles. The van der Waals surface area contributed by atoms with Crippen LogP contribution in [0.3, 0.4) is 0 Å². The van der Waals surface area contributed by atoms with Crippen molar-refractivity contribution in [1.29, 1.82) is 0 Å². The molecule has 0 aliphatic carbocycles. The predicted octanol–water partition coefficient (Wildman–Crippen LogP) is 34.0. The second-order valence-electron chi connectivity index (χ2n) is 33.2. The first kappa shape index (κ1) is 74.6. The number of rotatable bonds is 14. The van der Waals surface area contributed by atoms with E-state index in [0.29, 0.717) is 0 Å². The Kier molecular flexibility index (Phi) is 18.7. The Morgan fingerprint density at radius 2 is 0.381 bits per heavy atom. The van der Waals surface area contributed by atoms with Crippen LogP contribution in [0.25, 0.3) is 186 Å². The predicted molar refractivity (Wildman–Crippen MR) is 538 cm³/mol. The van der Waals surface area contributed by atoms with Gasteiger partial charge in [-0.15, -0.1) is 0 Å². The minimum Gasteiger partial charge on any atom is -0.311 e. The van der Waals surface area contributed by atoms with Crippen LogP contribution in [-0.2, 0) is 0 Å². The molecule has 0 atom stereocenters. The van der Waals surface area contributed by atoms with Crippen LogP contribution < -0.4 is 9.80 Å². The molecule has 0 saturated heterocycles. The van der Waals surface area contributed by atoms with E-state index >= 15 is 0 Å². The number of benzene rings is 22. The summed E-state index contributed by atoms with van der Waals surface area (Å²) in [7, 11) is 0. The molecule has 0 bridgehead atoms. The Bertz CT molecular complexity index is 8190. The normalized spacial score (nSPS) is 11.6. The average molecular weight is 1610 g/mol. The van der Waals surface area contributed by atoms with Crippen molar-refractivity contribution in [2.45, 2.75) is 13.8 Å². The minimum absolute atomic E-state index is 1.10. The molecule has 0 N–H and O–H groups in total. The van der Waals surface area contributed by atoms with Gasteiger partial charge in [-0.05, 0) is 279 Å². The summed E-state index contributed by atoms with van der Waals surface area (Å²) in [5.74, 6) is 0. The Morgan fingerprint density at radius 3 is 0.722 bits per heavy atom. The van der Waals surface area contributed by atoms with E-state index in [2.05, 4.69) is 506 Å². The average Bonchev–Trinajstić information content (AvgIpc) is 1.15. The SMILES string of the molecule is Cc1ccc2c(-c3ccc(-c4ccc(N(c5ccccc5)c5ccc(-n6c7ccccc7c7ccccc76)cc5)cc4)cc3)c3ccccc3c(-c3ccc4ccccc4c3)c2c1.Cc1ccc2c(-c3ccc4ccccc4c3)c3ccccc3c(-c3ccc(-c4ccc(N(c5ccccc5)c5ccc(-n6c7ccccc7c7ccccc76)cc5)cc4)cc3)c2c1. The van der Waals surface area contributed by atoms with Gasteiger partial charge in [-0.1, -0.05) is 351 Å². The van der Waals surface area contributed by atoms with Gasteiger partial charge in [0.25, 0.3) is 0 Å². The van der Waals surface area contributed by atoms with E-state index in [1.54, 1.807) is 0 Å². The van der Waals surface area contributed by atoms with Gasteiger partial charge in [0.15, 0.2) is 0 Å². The molecule has 0 aliphatic heterocycles. The van der Waals surface area contributed by atoms with Gasteiger partial charge < -0.3 is 18.9 Å². The van der Waals surface area contributed by atoms with Crippen LogP contribution in [0.5, 0.6) is 0 Å². The third-order valence-corrected chi connectivity index (χ3v) is 25.6. The monoisotopic (exact) mass is 1600 g/mol. The molecule has 4 heteroatoms. The van der Waals surface area contributed by atoms with Crippen molar-refractivity contribution in [3.05, 3.63) is 484 Å². The lowest BCUT2D eigenvalue weighted by atomic mass is 9.85. The van der Waals surface area contributed by atoms with Crippen molar-refractivity contribution >= 4 is 142 Å². The quantitative estimate of drug-likeness (QED) is 0.101. The lowest BCUT2D eigenvalue weighted by Gasteiger charge is -2.26. The van der Waals surface area contributed by atoms with Crippen LogP contribution in [0.15, 0.2) is 473 Å². The van der Waals surface area contributed by atoms with Gasteiger partial charge in [0.2, 0.25) is 0 Å². The highest BCUT2D eigenvalue weighted by Gasteiger charge is 2.24. The van der Waals surface area contributed by atoms with Gasteiger partial charge in [0, 0.05) is 67.0 Å². The molecule has 0 unspecified atom stereocenters. The zero-order chi connectivity index (χ0) is 83.7. The molecule has 126 heavy (non-hydrogen) atoms. The van der Waals surface area contributed by atoms with E-state index in [9.17, 15) is 0 Å². The van der Waals surface area contributed by atoms with Crippen LogP contribution in [0.4, 0.5) is 34.1 Å². The molecular weight excluding hydrogens is 1520 g/mol. The Hall–Kier alpha value is -16.4. The second kappa shape index (κ2) is 31.6. The summed E-state index contributed by atoms with van der Waals surface area (Å²) in [5.41, 5.74) is 31.0. The number of aryl methyl sites for hydroxylation is 2. The van der Waals surface area contributed by atoms with Crippen molar-refractivity contribution in [2.24, 2.45) is 0 Å². The summed E-state index contributed by atoms with van der Waals surface area (Å²) in [6.45, 7) is 4.39. The van der Waals surface area contributed by atoms with Crippen molar-refractivity contribution in [3.63, 3.8) is 0 Å². The number of para-hydroxylation sites is 6. The Balaban J connectivity index is 0.000000145. The highest BCUT2D eigenvalue weighted by atomic mass is 15.1. The smallest absolute Gasteiger partial charge is 0.0541 e. The van der Waals surface area contributed by atoms with E-state index in [4.69, 9.17) is 0 Å². The van der Waals surface area contributed by atoms with E-state index in [0.717, 1.165) is 45.5 Å². The summed E-state index contributed by atoms with van der Waals surface area (Å²) in [6.07, 6.45) is 0. The highest BCUT2D eigenvalue weighted by molar-refractivity contribution is 6.24. The van der Waals surface area contributed by atoms with Gasteiger partial charge in [-0.25, -0.2) is 0 Å². The Morgan fingerprint density at radius 1 is 0.151 bits per heavy atom. The third kappa shape index (κ3) is 13.3. The lowest BCUT2D eigenvalue weighted by molar-refractivity contribution is 1.17. The molecule has 0 radical (unpaired) electrons. The van der Waals surface area contributed by atoms with E-state index < -0.39 is 0 Å². The molecule has 24 rings (SSSR count). The summed E-state index contributed by atoms with van der Waals surface area (Å²) >= 11 is 0. The number of aromatic nitrogens is 2. The van der Waals surface area contributed by atoms with Gasteiger partial charge in [-0.3, -0.25) is 0 Å². The maximum atomic E-state index is 2.37. The molecule has 2 aromatic heterocycles. The fraction of sp³-hybridized carbons (Fsp3) is 0.0164. The molecule has 24 aromatic rings. The van der Waals surface area contributed by atoms with Gasteiger partial charge >= 0.3 is 0 Å². The van der Waals surface area contributed by atoms with Crippen LogP contribution >= 0.6 is 0 Å². The molecule has 0 fully saturated rings. The number of anilines is 6. The standard InChI is InChI=1S/2C61H42N2/c1-41-23-38-56-57(39-41)60(54-19-7-8-20-55(54)61(56)47-29-26-42-13-5-6-14-46(42)40-47)45-27-24-43(25-28-45)44-30-32-49(33-31-44)62(48-15-3-2-4-16-48)50-34-36-51(37-35-50)63-58-21-11-9-17-52(58)53-18-10-12-22-59(53)63;1-41-23-38-56-57(39-41)61(47-29-26-42-13-5-6-14-46(42)40-47)55-20-8-7-19-54(55)60(56)45-27-24-43(25-28-45)44-30-32-49(33-31-44)62(48-15-3-2-4-16-48)50-34-36-51(37-35-50)63-58-21-11-9-17-52(58)53-18-10-12-22-59(53)63/h2*2-40H,1H3. The lowest BCUT2D eigenvalue weighted by Crippen LogP contribution is -2.10. The zero-order valence-electron chi connectivity index (χ0n) is 69.8. The van der Waals surface area contributed by atoms with Gasteiger partial charge in [0.1, 0.15) is 0 Å². The fourth-order valence-corrected chi connectivity index (χ4v) is 19.7. The van der Waals surface area contributed by atoms with Crippen molar-refractivity contribution < 1.29 is 0 Å². The van der Waals surface area contributed by atoms with Crippen molar-refractivity contribution in [3.8, 4) is 78.1 Å². The number of hydrogen-bond acceptors (Lipinski definition) is 2. The first-order valence-corrected chi connectivity index (χ1v) is 43.5. The van der Waals surface area contributed by atoms with E-state index in [1.165, 1.54) is 186 Å². The maximum Gasteiger partial charge on any atom is 0.0541 e. The molecular formula is C122H84N4. The van der Waals surface area contributed by atoms with Gasteiger partial charge in [0.05, 0.1) is 22.1 Å². The van der Waals surface area contributed by atoms with Crippen LogP contribution in [0.2, 0.25) is 0 Å². The maximum absolute atomic E-state index is 2.37. The number of nitrogens with zero attached hydrogens (tertiary/aromatic N) is 4. The molecule has 592 valence electrons. The second-order valence-corrected chi connectivity index (χ2v) is 33.2. The van der Waals surface area contributed by atoms with Crippen molar-refractivity contribution in [1.82, 2.24) is 9.13 Å². The molecule has 0 spiro atoms. The summed E-state index contributed by atoms with van der Waals surface area (Å²) in [5, 5.41) is 20.2. The zero-order valence-corrected chi connectivity index (χ0v) is 69.8. The molecule has 0 aliphatic rings. The van der Waals surface area contributed by atoms with Crippen LogP contribution in [0.1, 0.15) is 11.1 Å². The summed E-state index contributed by atoms with van der Waals surface area (Å²) in [6, 6.07) is 173. The van der Waals surface area contributed by atoms with Crippen LogP contribution in [0, 0.1) is 13.8 Å². The fourth-order valence-electron chi connectivity index (χ4n) is 19.7. The topological polar surface area (TPSA) is 16.3 Å². The summed E-state index contributed by atoms with van der Waals surface area (Å²) < 4.78 is 4.74. The number of hydrogen-bond donors (Lipinski definition) is 0. The first-order chi connectivity index (χ1) is 62.3. The largest absolute Gasteiger partial charge is 0.311 e. The minimum atomic E-state index is 1.10. The van der Waals surface area contributed by atoms with Gasteiger partial charge in [-0.2, -0.15) is 0 Å². The molecule has 2 heterocycles. The first-order valence-electron chi connectivity index (χ1n) is 43.5. The Labute approximate surface area is 732 Å². The third-order valence-electron chi connectivity index (χ3n) is 25.6. The highest BCUT2D eigenvalue weighted by Crippen LogP contribution is 2.49. The van der Waals surface area contributed by atoms with E-state index in [-0.39, 0.29) is 0 Å². The van der Waals surface area contributed by atoms with Crippen LogP contribution in [-0.4, -0.2) is 9.13 Å². The summed E-state index contributed by atoms with van der Waals surface area (Å²) in [4.78, 5) is 4.67. The molecule has 0 saturated carbocycles. The number of fused-ring (bicyclic) bond motifs is 12. The van der Waals surface area contributed by atoms with E-state index in [1.807, 2.05) is 0 Å². The van der Waals surface area contributed by atoms with Crippen molar-refractivity contribution in [2.75, 3.05) is 9.80 Å². The molecule has 4 nitrogen and oxygen atoms in total.